The van der Waals surface area contributed by atoms with E-state index < -0.39 is 0 Å². The van der Waals surface area contributed by atoms with E-state index in [2.05, 4.69) is 19.2 Å². The lowest BCUT2D eigenvalue weighted by atomic mass is 10.1. The summed E-state index contributed by atoms with van der Waals surface area (Å²) in [5, 5.41) is 3.46. The number of unbranched alkanes of at least 4 members (excludes halogenated alkanes) is 1. The van der Waals surface area contributed by atoms with Gasteiger partial charge in [-0.05, 0) is 37.6 Å². The molecule has 84 valence electrons. The summed E-state index contributed by atoms with van der Waals surface area (Å²) in [4.78, 5) is 0. The third-order valence-corrected chi connectivity index (χ3v) is 2.96. The fourth-order valence-corrected chi connectivity index (χ4v) is 1.65. The summed E-state index contributed by atoms with van der Waals surface area (Å²) in [6.45, 7) is 8.53. The Morgan fingerprint density at radius 2 is 2.14 bits per heavy atom. The Labute approximate surface area is 88.4 Å². The van der Waals surface area contributed by atoms with Gasteiger partial charge in [0, 0.05) is 13.2 Å². The van der Waals surface area contributed by atoms with Crippen LogP contribution in [-0.4, -0.2) is 26.3 Å². The van der Waals surface area contributed by atoms with Gasteiger partial charge in [-0.15, -0.1) is 0 Å². The summed E-state index contributed by atoms with van der Waals surface area (Å²) in [6, 6.07) is 0. The van der Waals surface area contributed by atoms with Gasteiger partial charge < -0.3 is 10.1 Å². The Balaban J connectivity index is 1.75. The Hall–Kier alpha value is -0.0800. The quantitative estimate of drug-likeness (QED) is 0.576. The molecule has 0 spiro atoms. The zero-order valence-corrected chi connectivity index (χ0v) is 9.72. The van der Waals surface area contributed by atoms with E-state index in [0.29, 0.717) is 0 Å². The van der Waals surface area contributed by atoms with Crippen molar-refractivity contribution in [2.45, 2.75) is 39.5 Å². The van der Waals surface area contributed by atoms with Crippen LogP contribution in [0.3, 0.4) is 0 Å². The van der Waals surface area contributed by atoms with Crippen molar-refractivity contribution in [3.63, 3.8) is 0 Å². The molecule has 1 aliphatic rings. The van der Waals surface area contributed by atoms with Crippen molar-refractivity contribution in [3.8, 4) is 0 Å². The predicted octanol–water partition coefficient (Wildman–Crippen LogP) is 2.44. The molecule has 0 bridgehead atoms. The first-order valence-corrected chi connectivity index (χ1v) is 6.13. The highest BCUT2D eigenvalue weighted by molar-refractivity contribution is 4.79. The second kappa shape index (κ2) is 7.24. The number of ether oxygens (including phenoxy) is 1. The lowest BCUT2D eigenvalue weighted by Gasteiger charge is -2.11. The molecule has 1 aliphatic carbocycles. The van der Waals surface area contributed by atoms with Crippen LogP contribution in [0.2, 0.25) is 0 Å². The largest absolute Gasteiger partial charge is 0.380 e. The van der Waals surface area contributed by atoms with Gasteiger partial charge in [0.2, 0.25) is 0 Å². The van der Waals surface area contributed by atoms with E-state index in [4.69, 9.17) is 4.74 Å². The van der Waals surface area contributed by atoms with Gasteiger partial charge in [0.05, 0.1) is 6.61 Å². The molecular weight excluding hydrogens is 174 g/mol. The molecule has 0 amide bonds. The van der Waals surface area contributed by atoms with Crippen molar-refractivity contribution in [3.05, 3.63) is 0 Å². The molecule has 2 nitrogen and oxygen atoms in total. The molecule has 0 radical (unpaired) electrons. The predicted molar refractivity (Wildman–Crippen MR) is 60.5 cm³/mol. The van der Waals surface area contributed by atoms with E-state index in [1.54, 1.807) is 0 Å². The summed E-state index contributed by atoms with van der Waals surface area (Å²) in [5.41, 5.74) is 0. The highest BCUT2D eigenvalue weighted by Gasteiger charge is 2.27. The first-order chi connectivity index (χ1) is 6.84. The van der Waals surface area contributed by atoms with Crippen LogP contribution in [0.5, 0.6) is 0 Å². The number of rotatable bonds is 9. The normalized spacial score (nSPS) is 18.4. The average Bonchev–Trinajstić information content (AvgIpc) is 2.99. The van der Waals surface area contributed by atoms with Crippen molar-refractivity contribution >= 4 is 0 Å². The second-order valence-corrected chi connectivity index (χ2v) is 4.48. The highest BCUT2D eigenvalue weighted by Crippen LogP contribution is 2.35. The molecular formula is C12H25NO. The molecule has 1 unspecified atom stereocenters. The van der Waals surface area contributed by atoms with E-state index in [0.717, 1.165) is 31.6 Å². The summed E-state index contributed by atoms with van der Waals surface area (Å²) in [6.07, 6.45) is 5.33. The van der Waals surface area contributed by atoms with E-state index in [1.807, 2.05) is 0 Å². The molecule has 2 heteroatoms. The van der Waals surface area contributed by atoms with Crippen LogP contribution in [0, 0.1) is 11.8 Å². The first-order valence-electron chi connectivity index (χ1n) is 6.13. The van der Waals surface area contributed by atoms with Crippen molar-refractivity contribution in [2.24, 2.45) is 11.8 Å². The summed E-state index contributed by atoms with van der Waals surface area (Å²) in [7, 11) is 0. The first kappa shape index (κ1) is 12.0. The zero-order chi connectivity index (χ0) is 10.2. The minimum atomic E-state index is 0.866. The number of hydrogen-bond acceptors (Lipinski definition) is 2. The summed E-state index contributed by atoms with van der Waals surface area (Å²) < 4.78 is 5.47. The van der Waals surface area contributed by atoms with Crippen LogP contribution in [0.25, 0.3) is 0 Å². The highest BCUT2D eigenvalue weighted by atomic mass is 16.5. The number of hydrogen-bond donors (Lipinski definition) is 1. The lowest BCUT2D eigenvalue weighted by Crippen LogP contribution is -2.26. The van der Waals surface area contributed by atoms with Crippen LogP contribution in [0.15, 0.2) is 0 Å². The summed E-state index contributed by atoms with van der Waals surface area (Å²) in [5.74, 6) is 1.88. The molecule has 0 saturated heterocycles. The van der Waals surface area contributed by atoms with Gasteiger partial charge in [0.25, 0.3) is 0 Å². The van der Waals surface area contributed by atoms with Crippen molar-refractivity contribution in [1.82, 2.24) is 5.32 Å². The van der Waals surface area contributed by atoms with Crippen molar-refractivity contribution in [1.29, 1.82) is 0 Å². The van der Waals surface area contributed by atoms with Crippen LogP contribution in [0.1, 0.15) is 39.5 Å². The van der Waals surface area contributed by atoms with Crippen LogP contribution in [-0.2, 0) is 4.74 Å². The molecule has 0 heterocycles. The Morgan fingerprint density at radius 3 is 2.79 bits per heavy atom. The van der Waals surface area contributed by atoms with E-state index in [-0.39, 0.29) is 0 Å². The molecule has 1 saturated carbocycles. The third-order valence-electron chi connectivity index (χ3n) is 2.96. The molecule has 0 aromatic carbocycles. The van der Waals surface area contributed by atoms with Gasteiger partial charge in [-0.2, -0.15) is 0 Å². The van der Waals surface area contributed by atoms with Crippen LogP contribution < -0.4 is 5.32 Å². The van der Waals surface area contributed by atoms with Crippen LogP contribution >= 0.6 is 0 Å². The monoisotopic (exact) mass is 199 g/mol. The van der Waals surface area contributed by atoms with E-state index in [1.165, 1.54) is 32.2 Å². The topological polar surface area (TPSA) is 21.3 Å². The van der Waals surface area contributed by atoms with Gasteiger partial charge >= 0.3 is 0 Å². The standard InChI is InChI=1S/C12H25NO/c1-3-4-8-14-9-7-13-10-11(2)12-5-6-12/h11-13H,3-10H2,1-2H3. The smallest absolute Gasteiger partial charge is 0.0590 e. The lowest BCUT2D eigenvalue weighted by molar-refractivity contribution is 0.132. The fourth-order valence-electron chi connectivity index (χ4n) is 1.65. The molecule has 1 rings (SSSR count). The summed E-state index contributed by atoms with van der Waals surface area (Å²) >= 11 is 0. The maximum Gasteiger partial charge on any atom is 0.0590 e. The molecule has 1 N–H and O–H groups in total. The van der Waals surface area contributed by atoms with Gasteiger partial charge in [0.1, 0.15) is 0 Å². The Bertz CT molecular complexity index is 134. The Morgan fingerprint density at radius 1 is 1.36 bits per heavy atom. The van der Waals surface area contributed by atoms with Crippen molar-refractivity contribution in [2.75, 3.05) is 26.3 Å². The van der Waals surface area contributed by atoms with E-state index in [9.17, 15) is 0 Å². The Kier molecular flexibility index (Phi) is 6.20. The maximum atomic E-state index is 5.47. The molecule has 0 aliphatic heterocycles. The molecule has 0 aromatic rings. The van der Waals surface area contributed by atoms with Gasteiger partial charge in [-0.25, -0.2) is 0 Å². The third kappa shape index (κ3) is 5.61. The molecule has 1 fully saturated rings. The van der Waals surface area contributed by atoms with Crippen LogP contribution in [0.4, 0.5) is 0 Å². The minimum Gasteiger partial charge on any atom is -0.380 e. The van der Waals surface area contributed by atoms with Gasteiger partial charge in [0.15, 0.2) is 0 Å². The fraction of sp³-hybridized carbons (Fsp3) is 1.00. The minimum absolute atomic E-state index is 0.866. The number of nitrogens with one attached hydrogen (secondary N) is 1. The SMILES string of the molecule is CCCCOCCNCC(C)C1CC1. The van der Waals surface area contributed by atoms with Gasteiger partial charge in [-0.1, -0.05) is 20.3 Å². The maximum absolute atomic E-state index is 5.47. The zero-order valence-electron chi connectivity index (χ0n) is 9.72. The van der Waals surface area contributed by atoms with Crippen molar-refractivity contribution < 1.29 is 4.74 Å². The molecule has 1 atom stereocenters. The van der Waals surface area contributed by atoms with E-state index >= 15 is 0 Å². The van der Waals surface area contributed by atoms with Gasteiger partial charge in [-0.3, -0.25) is 0 Å². The molecule has 0 aromatic heterocycles. The average molecular weight is 199 g/mol. The second-order valence-electron chi connectivity index (χ2n) is 4.48. The molecule has 14 heavy (non-hydrogen) atoms.